The molecular weight excluding hydrogens is 557 g/mol. The van der Waals surface area contributed by atoms with Gasteiger partial charge in [-0.25, -0.2) is 15.0 Å². The Balaban J connectivity index is 1.22. The first-order chi connectivity index (χ1) is 20.6. The van der Waals surface area contributed by atoms with Gasteiger partial charge in [-0.3, -0.25) is 14.7 Å². The molecule has 0 saturated carbocycles. The van der Waals surface area contributed by atoms with Crippen molar-refractivity contribution >= 4 is 28.4 Å². The summed E-state index contributed by atoms with van der Waals surface area (Å²) in [6, 6.07) is 13.5. The Labute approximate surface area is 248 Å². The summed E-state index contributed by atoms with van der Waals surface area (Å²) in [5.74, 6) is 1.36. The number of hydrogen-bond acceptors (Lipinski definition) is 8. The normalized spacial score (nSPS) is 15.3. The SMILES string of the molecule is CNC(=O)c1ccnc2c([C@H](C)CNc3cc(-c4ccc(N(C)C5CCN(CC(F)(F)F)CC5)nc4)ncn3)cccc12. The zero-order valence-electron chi connectivity index (χ0n) is 24.4. The average Bonchev–Trinajstić information content (AvgIpc) is 3.02. The topological polar surface area (TPSA) is 99.2 Å². The lowest BCUT2D eigenvalue weighted by molar-refractivity contribution is -0.147. The van der Waals surface area contributed by atoms with Gasteiger partial charge < -0.3 is 15.5 Å². The first kappa shape index (κ1) is 30.1. The Hall–Kier alpha value is -4.32. The number of piperidine rings is 1. The maximum Gasteiger partial charge on any atom is 0.401 e. The molecule has 1 saturated heterocycles. The molecule has 2 N–H and O–H groups in total. The average molecular weight is 593 g/mol. The Morgan fingerprint density at radius 2 is 1.88 bits per heavy atom. The molecule has 43 heavy (non-hydrogen) atoms. The Bertz CT molecular complexity index is 1560. The second kappa shape index (κ2) is 12.9. The zero-order valence-corrected chi connectivity index (χ0v) is 24.4. The van der Waals surface area contributed by atoms with E-state index in [4.69, 9.17) is 0 Å². The Kier molecular flexibility index (Phi) is 9.05. The number of carbonyl (C=O) groups excluding carboxylic acids is 1. The van der Waals surface area contributed by atoms with Crippen molar-refractivity contribution in [3.05, 3.63) is 72.3 Å². The number of aromatic nitrogens is 4. The zero-order chi connectivity index (χ0) is 30.6. The highest BCUT2D eigenvalue weighted by Crippen LogP contribution is 2.28. The van der Waals surface area contributed by atoms with Crippen LogP contribution in [0.25, 0.3) is 22.2 Å². The highest BCUT2D eigenvalue weighted by atomic mass is 19.4. The molecule has 0 spiro atoms. The number of hydrogen-bond donors (Lipinski definition) is 2. The van der Waals surface area contributed by atoms with Gasteiger partial charge in [0.15, 0.2) is 0 Å². The molecular formula is C31H35F3N8O. The number of alkyl halides is 3. The third kappa shape index (κ3) is 7.19. The van der Waals surface area contributed by atoms with Crippen LogP contribution in [-0.2, 0) is 0 Å². The van der Waals surface area contributed by atoms with Gasteiger partial charge in [0.05, 0.1) is 23.3 Å². The highest BCUT2D eigenvalue weighted by molar-refractivity contribution is 6.06. The molecule has 1 aliphatic heterocycles. The number of likely N-dealkylation sites (tertiary alicyclic amines) is 1. The van der Waals surface area contributed by atoms with E-state index >= 15 is 0 Å². The van der Waals surface area contributed by atoms with Crippen molar-refractivity contribution in [1.29, 1.82) is 0 Å². The quantitative estimate of drug-likeness (QED) is 0.276. The predicted molar refractivity (Wildman–Crippen MR) is 161 cm³/mol. The summed E-state index contributed by atoms with van der Waals surface area (Å²) in [5.41, 5.74) is 3.96. The number of halogens is 3. The third-order valence-electron chi connectivity index (χ3n) is 7.97. The number of rotatable bonds is 9. The standard InChI is InChI=1S/C31H35F3N8O/c1-20(23-5-4-6-24-25(30(43)35-2)9-12-36-29(23)24)16-37-27-15-26(39-19-40-27)21-7-8-28(38-17-21)41(3)22-10-13-42(14-11-22)18-31(32,33)34/h4-9,12,15,17,19-20,22H,10-11,13-14,16,18H2,1-3H3,(H,35,43)(H,37,39,40)/t20-/m1/s1. The van der Waals surface area contributed by atoms with Crippen LogP contribution in [0.1, 0.15) is 41.6 Å². The minimum Gasteiger partial charge on any atom is -0.369 e. The largest absolute Gasteiger partial charge is 0.401 e. The molecule has 9 nitrogen and oxygen atoms in total. The van der Waals surface area contributed by atoms with Gasteiger partial charge in [-0.15, -0.1) is 0 Å². The Morgan fingerprint density at radius 1 is 1.09 bits per heavy atom. The number of para-hydroxylation sites is 1. The van der Waals surface area contributed by atoms with Gasteiger partial charge >= 0.3 is 6.18 Å². The second-order valence-corrected chi connectivity index (χ2v) is 10.9. The number of nitrogens with zero attached hydrogens (tertiary/aromatic N) is 6. The molecule has 1 atom stereocenters. The number of fused-ring (bicyclic) bond motifs is 1. The van der Waals surface area contributed by atoms with Crippen LogP contribution in [0, 0.1) is 0 Å². The Morgan fingerprint density at radius 3 is 2.58 bits per heavy atom. The van der Waals surface area contributed by atoms with E-state index in [1.807, 2.05) is 48.3 Å². The fraction of sp³-hybridized carbons (Fsp3) is 0.387. The van der Waals surface area contributed by atoms with Gasteiger partial charge in [0, 0.05) is 75.1 Å². The molecule has 5 rings (SSSR count). The van der Waals surface area contributed by atoms with Crippen LogP contribution in [0.5, 0.6) is 0 Å². The predicted octanol–water partition coefficient (Wildman–Crippen LogP) is 5.12. The van der Waals surface area contributed by atoms with E-state index in [-0.39, 0.29) is 17.9 Å². The van der Waals surface area contributed by atoms with Crippen molar-refractivity contribution < 1.29 is 18.0 Å². The van der Waals surface area contributed by atoms with E-state index < -0.39 is 12.7 Å². The highest BCUT2D eigenvalue weighted by Gasteiger charge is 2.33. The van der Waals surface area contributed by atoms with E-state index in [1.54, 1.807) is 25.5 Å². The fourth-order valence-electron chi connectivity index (χ4n) is 5.56. The molecule has 1 aliphatic rings. The summed E-state index contributed by atoms with van der Waals surface area (Å²) < 4.78 is 38.2. The summed E-state index contributed by atoms with van der Waals surface area (Å²) in [4.78, 5) is 33.8. The molecule has 0 aliphatic carbocycles. The summed E-state index contributed by atoms with van der Waals surface area (Å²) in [6.45, 7) is 2.65. The van der Waals surface area contributed by atoms with Crippen LogP contribution >= 0.6 is 0 Å². The lowest BCUT2D eigenvalue weighted by Crippen LogP contribution is -2.46. The van der Waals surface area contributed by atoms with Crippen LogP contribution in [0.4, 0.5) is 24.8 Å². The van der Waals surface area contributed by atoms with E-state index in [0.29, 0.717) is 43.9 Å². The van der Waals surface area contributed by atoms with Crippen molar-refractivity contribution in [3.63, 3.8) is 0 Å². The van der Waals surface area contributed by atoms with Crippen molar-refractivity contribution in [2.75, 3.05) is 50.5 Å². The van der Waals surface area contributed by atoms with Crippen LogP contribution in [0.2, 0.25) is 0 Å². The third-order valence-corrected chi connectivity index (χ3v) is 7.97. The van der Waals surface area contributed by atoms with E-state index in [0.717, 1.165) is 33.5 Å². The number of benzene rings is 1. The fourth-order valence-corrected chi connectivity index (χ4v) is 5.56. The van der Waals surface area contributed by atoms with E-state index in [9.17, 15) is 18.0 Å². The lowest BCUT2D eigenvalue weighted by atomic mass is 9.96. The van der Waals surface area contributed by atoms with Crippen molar-refractivity contribution in [1.82, 2.24) is 30.2 Å². The molecule has 226 valence electrons. The van der Waals surface area contributed by atoms with Gasteiger partial charge in [-0.1, -0.05) is 25.1 Å². The van der Waals surface area contributed by atoms with Crippen LogP contribution in [0.15, 0.2) is 61.2 Å². The number of pyridine rings is 2. The van der Waals surface area contributed by atoms with E-state index in [1.165, 1.54) is 11.2 Å². The number of nitrogens with one attached hydrogen (secondary N) is 2. The summed E-state index contributed by atoms with van der Waals surface area (Å²) in [7, 11) is 3.55. The minimum absolute atomic E-state index is 0.0753. The maximum absolute atomic E-state index is 12.7. The second-order valence-electron chi connectivity index (χ2n) is 10.9. The number of amides is 1. The molecule has 0 unspecified atom stereocenters. The molecule has 1 fully saturated rings. The molecule has 1 amide bonds. The monoisotopic (exact) mass is 592 g/mol. The first-order valence-corrected chi connectivity index (χ1v) is 14.3. The first-order valence-electron chi connectivity index (χ1n) is 14.3. The number of carbonyl (C=O) groups is 1. The minimum atomic E-state index is -4.17. The van der Waals surface area contributed by atoms with Crippen molar-refractivity contribution in [2.24, 2.45) is 0 Å². The molecule has 12 heteroatoms. The molecule has 1 aromatic carbocycles. The van der Waals surface area contributed by atoms with Crippen LogP contribution in [0.3, 0.4) is 0 Å². The van der Waals surface area contributed by atoms with E-state index in [2.05, 4.69) is 37.5 Å². The van der Waals surface area contributed by atoms with Gasteiger partial charge in [-0.2, -0.15) is 13.2 Å². The van der Waals surface area contributed by atoms with Crippen LogP contribution in [-0.4, -0.2) is 83.2 Å². The maximum atomic E-state index is 12.7. The molecule has 3 aromatic heterocycles. The van der Waals surface area contributed by atoms with Gasteiger partial charge in [-0.05, 0) is 36.6 Å². The molecule has 4 heterocycles. The molecule has 0 radical (unpaired) electrons. The lowest BCUT2D eigenvalue weighted by Gasteiger charge is -2.37. The molecule has 4 aromatic rings. The van der Waals surface area contributed by atoms with Crippen LogP contribution < -0.4 is 15.5 Å². The van der Waals surface area contributed by atoms with Gasteiger partial charge in [0.25, 0.3) is 5.91 Å². The number of anilines is 2. The molecule has 0 bridgehead atoms. The van der Waals surface area contributed by atoms with Gasteiger partial charge in [0.2, 0.25) is 0 Å². The summed E-state index contributed by atoms with van der Waals surface area (Å²) >= 11 is 0. The summed E-state index contributed by atoms with van der Waals surface area (Å²) in [5, 5.41) is 6.89. The van der Waals surface area contributed by atoms with Crippen molar-refractivity contribution in [2.45, 2.75) is 37.9 Å². The van der Waals surface area contributed by atoms with Crippen molar-refractivity contribution in [3.8, 4) is 11.3 Å². The smallest absolute Gasteiger partial charge is 0.369 e. The van der Waals surface area contributed by atoms with Gasteiger partial charge in [0.1, 0.15) is 18.0 Å². The summed E-state index contributed by atoms with van der Waals surface area (Å²) in [6.07, 6.45) is 2.06.